The van der Waals surface area contributed by atoms with Crippen molar-refractivity contribution in [2.75, 3.05) is 14.2 Å². The third-order valence-corrected chi connectivity index (χ3v) is 5.33. The van der Waals surface area contributed by atoms with Crippen LogP contribution in [0.1, 0.15) is 23.0 Å². The van der Waals surface area contributed by atoms with Crippen LogP contribution in [0.25, 0.3) is 0 Å². The van der Waals surface area contributed by atoms with Crippen LogP contribution in [-0.4, -0.2) is 35.8 Å². The van der Waals surface area contributed by atoms with Gasteiger partial charge in [-0.3, -0.25) is 4.79 Å². The minimum atomic E-state index is -0.645. The summed E-state index contributed by atoms with van der Waals surface area (Å²) in [7, 11) is 5.05. The van der Waals surface area contributed by atoms with Gasteiger partial charge >= 0.3 is 0 Å². The van der Waals surface area contributed by atoms with Gasteiger partial charge in [-0.05, 0) is 41.5 Å². The van der Waals surface area contributed by atoms with Crippen molar-refractivity contribution in [2.24, 2.45) is 7.05 Å². The number of carbonyl (C=O) groups is 1. The van der Waals surface area contributed by atoms with Crippen molar-refractivity contribution in [1.29, 1.82) is 0 Å². The molecule has 3 aromatic rings. The summed E-state index contributed by atoms with van der Waals surface area (Å²) in [4.78, 5) is 17.6. The maximum Gasteiger partial charge on any atom is 0.262 e. The van der Waals surface area contributed by atoms with Gasteiger partial charge in [-0.25, -0.2) is 4.98 Å². The average Bonchev–Trinajstić information content (AvgIpc) is 3.37. The SMILES string of the molecule is COc1cc(OC)cc([C@@H](NC(=O)[C@H]2Cc3cc(Cl)ccc3O2)c2nccn2C)c1. The molecule has 2 atom stereocenters. The van der Waals surface area contributed by atoms with E-state index in [1.807, 2.05) is 36.0 Å². The number of hydrogen-bond donors (Lipinski definition) is 1. The zero-order valence-electron chi connectivity index (χ0n) is 16.9. The fourth-order valence-electron chi connectivity index (χ4n) is 3.55. The number of nitrogens with one attached hydrogen (secondary N) is 1. The minimum absolute atomic E-state index is 0.239. The molecule has 1 N–H and O–H groups in total. The number of rotatable bonds is 6. The minimum Gasteiger partial charge on any atom is -0.497 e. The maximum absolute atomic E-state index is 13.1. The average molecular weight is 428 g/mol. The first-order valence-corrected chi connectivity index (χ1v) is 9.82. The Balaban J connectivity index is 1.64. The van der Waals surface area contributed by atoms with Gasteiger partial charge in [0, 0.05) is 37.0 Å². The fraction of sp³-hybridized carbons (Fsp3) is 0.273. The number of methoxy groups -OCH3 is 2. The van der Waals surface area contributed by atoms with Gasteiger partial charge in [-0.2, -0.15) is 0 Å². The summed E-state index contributed by atoms with van der Waals surface area (Å²) < 4.78 is 18.5. The molecule has 0 spiro atoms. The molecule has 1 amide bonds. The quantitative estimate of drug-likeness (QED) is 0.653. The molecule has 0 radical (unpaired) electrons. The van der Waals surface area contributed by atoms with E-state index >= 15 is 0 Å². The topological polar surface area (TPSA) is 74.6 Å². The van der Waals surface area contributed by atoms with Gasteiger partial charge in [0.2, 0.25) is 0 Å². The Kier molecular flexibility index (Phi) is 5.55. The van der Waals surface area contributed by atoms with Crippen LogP contribution in [0.5, 0.6) is 17.2 Å². The van der Waals surface area contributed by atoms with Gasteiger partial charge in [-0.1, -0.05) is 11.6 Å². The molecule has 1 aliphatic rings. The van der Waals surface area contributed by atoms with E-state index in [1.165, 1.54) is 0 Å². The molecule has 0 fully saturated rings. The van der Waals surface area contributed by atoms with Crippen LogP contribution < -0.4 is 19.5 Å². The van der Waals surface area contributed by atoms with Gasteiger partial charge in [-0.15, -0.1) is 0 Å². The maximum atomic E-state index is 13.1. The monoisotopic (exact) mass is 427 g/mol. The molecule has 1 aliphatic heterocycles. The molecule has 8 heteroatoms. The van der Waals surface area contributed by atoms with Crippen LogP contribution in [0, 0.1) is 0 Å². The molecule has 4 rings (SSSR count). The van der Waals surface area contributed by atoms with Crippen molar-refractivity contribution >= 4 is 17.5 Å². The lowest BCUT2D eigenvalue weighted by Gasteiger charge is -2.22. The van der Waals surface area contributed by atoms with Crippen LogP contribution in [0.2, 0.25) is 5.02 Å². The van der Waals surface area contributed by atoms with Gasteiger partial charge in [0.1, 0.15) is 29.1 Å². The van der Waals surface area contributed by atoms with Crippen LogP contribution in [0.3, 0.4) is 0 Å². The number of hydrogen-bond acceptors (Lipinski definition) is 5. The van der Waals surface area contributed by atoms with Crippen molar-refractivity contribution in [3.8, 4) is 17.2 Å². The molecule has 0 saturated heterocycles. The summed E-state index contributed by atoms with van der Waals surface area (Å²) in [6.07, 6.45) is 3.33. The Morgan fingerprint density at radius 1 is 1.23 bits per heavy atom. The summed E-state index contributed by atoms with van der Waals surface area (Å²) in [5, 5.41) is 3.70. The highest BCUT2D eigenvalue weighted by Gasteiger charge is 2.32. The van der Waals surface area contributed by atoms with Gasteiger partial charge in [0.25, 0.3) is 5.91 Å². The van der Waals surface area contributed by atoms with E-state index in [2.05, 4.69) is 10.3 Å². The summed E-state index contributed by atoms with van der Waals surface area (Å²) in [5.41, 5.74) is 1.70. The van der Waals surface area contributed by atoms with E-state index in [-0.39, 0.29) is 5.91 Å². The number of nitrogens with zero attached hydrogens (tertiary/aromatic N) is 2. The third kappa shape index (κ3) is 3.93. The largest absolute Gasteiger partial charge is 0.497 e. The standard InChI is InChI=1S/C22H22ClN3O4/c1-26-7-6-24-21(26)20(14-9-16(28-2)12-17(10-14)29-3)25-22(27)19-11-13-8-15(23)4-5-18(13)30-19/h4-10,12,19-20H,11H2,1-3H3,(H,25,27)/t19-,20-/m1/s1. The zero-order chi connectivity index (χ0) is 21.3. The number of carbonyl (C=O) groups excluding carboxylic acids is 1. The molecule has 7 nitrogen and oxygen atoms in total. The molecule has 30 heavy (non-hydrogen) atoms. The predicted molar refractivity (Wildman–Crippen MR) is 112 cm³/mol. The van der Waals surface area contributed by atoms with E-state index < -0.39 is 12.1 Å². The third-order valence-electron chi connectivity index (χ3n) is 5.10. The van der Waals surface area contributed by atoms with Crippen LogP contribution in [0.4, 0.5) is 0 Å². The first kappa shape index (κ1) is 20.1. The summed E-state index contributed by atoms with van der Waals surface area (Å²) in [6.45, 7) is 0. The van der Waals surface area contributed by atoms with Crippen LogP contribution in [0.15, 0.2) is 48.8 Å². The number of amides is 1. The highest BCUT2D eigenvalue weighted by atomic mass is 35.5. The van der Waals surface area contributed by atoms with Crippen molar-refractivity contribution in [3.05, 3.63) is 70.8 Å². The number of aryl methyl sites for hydroxylation is 1. The first-order chi connectivity index (χ1) is 14.5. The lowest BCUT2D eigenvalue weighted by Crippen LogP contribution is -2.40. The second-order valence-corrected chi connectivity index (χ2v) is 7.48. The summed E-state index contributed by atoms with van der Waals surface area (Å²) in [5.74, 6) is 2.36. The molecule has 156 valence electrons. The van der Waals surface area contributed by atoms with E-state index in [1.54, 1.807) is 38.6 Å². The van der Waals surface area contributed by atoms with E-state index in [9.17, 15) is 4.79 Å². The Morgan fingerprint density at radius 2 is 1.97 bits per heavy atom. The molecule has 2 heterocycles. The van der Waals surface area contributed by atoms with Gasteiger partial charge in [0.15, 0.2) is 6.10 Å². The summed E-state index contributed by atoms with van der Waals surface area (Å²) >= 11 is 6.07. The van der Waals surface area contributed by atoms with E-state index in [4.69, 9.17) is 25.8 Å². The Hall–Kier alpha value is -3.19. The van der Waals surface area contributed by atoms with E-state index in [0.29, 0.717) is 34.5 Å². The number of aromatic nitrogens is 2. The number of ether oxygens (including phenoxy) is 3. The summed E-state index contributed by atoms with van der Waals surface area (Å²) in [6, 6.07) is 10.3. The Labute approximate surface area is 179 Å². The smallest absolute Gasteiger partial charge is 0.262 e. The first-order valence-electron chi connectivity index (χ1n) is 9.44. The zero-order valence-corrected chi connectivity index (χ0v) is 17.6. The van der Waals surface area contributed by atoms with Crippen LogP contribution >= 0.6 is 11.6 Å². The van der Waals surface area contributed by atoms with Gasteiger partial charge < -0.3 is 24.1 Å². The van der Waals surface area contributed by atoms with Crippen molar-refractivity contribution < 1.29 is 19.0 Å². The number of benzene rings is 2. The molecule has 0 saturated carbocycles. The highest BCUT2D eigenvalue weighted by molar-refractivity contribution is 6.30. The number of fused-ring (bicyclic) bond motifs is 1. The predicted octanol–water partition coefficient (Wildman–Crippen LogP) is 3.30. The second kappa shape index (κ2) is 8.28. The number of halogens is 1. The Bertz CT molecular complexity index is 1060. The molecule has 1 aromatic heterocycles. The Morgan fingerprint density at radius 3 is 2.60 bits per heavy atom. The lowest BCUT2D eigenvalue weighted by molar-refractivity contribution is -0.127. The molecular weight excluding hydrogens is 406 g/mol. The molecular formula is C22H22ClN3O4. The van der Waals surface area contributed by atoms with Crippen molar-refractivity contribution in [2.45, 2.75) is 18.6 Å². The molecule has 2 aromatic carbocycles. The second-order valence-electron chi connectivity index (χ2n) is 7.05. The van der Waals surface area contributed by atoms with Crippen molar-refractivity contribution in [3.63, 3.8) is 0 Å². The van der Waals surface area contributed by atoms with E-state index in [0.717, 1.165) is 11.1 Å². The normalized spacial score (nSPS) is 15.8. The van der Waals surface area contributed by atoms with Gasteiger partial charge in [0.05, 0.1) is 14.2 Å². The number of imidazole rings is 1. The van der Waals surface area contributed by atoms with Crippen molar-refractivity contribution in [1.82, 2.24) is 14.9 Å². The fourth-order valence-corrected chi connectivity index (χ4v) is 3.74. The van der Waals surface area contributed by atoms with Crippen LogP contribution in [-0.2, 0) is 18.3 Å². The molecule has 0 aliphatic carbocycles. The highest BCUT2D eigenvalue weighted by Crippen LogP contribution is 2.33. The molecule has 0 unspecified atom stereocenters. The lowest BCUT2D eigenvalue weighted by atomic mass is 10.0. The molecule has 0 bridgehead atoms.